The van der Waals surface area contributed by atoms with Gasteiger partial charge in [-0.15, -0.1) is 0 Å². The van der Waals surface area contributed by atoms with Crippen molar-refractivity contribution >= 4 is 22.5 Å². The maximum atomic E-state index is 13.3. The molecule has 3 aromatic carbocycles. The van der Waals surface area contributed by atoms with Crippen LogP contribution in [0.3, 0.4) is 0 Å². The van der Waals surface area contributed by atoms with E-state index in [1.54, 1.807) is 4.90 Å². The molecule has 190 valence electrons. The number of aryl methyl sites for hydroxylation is 1. The van der Waals surface area contributed by atoms with E-state index < -0.39 is 0 Å². The first-order valence-electron chi connectivity index (χ1n) is 13.2. The van der Waals surface area contributed by atoms with Crippen LogP contribution in [0, 0.1) is 12.8 Å². The molecule has 1 saturated heterocycles. The number of nitrogens with one attached hydrogen (secondary N) is 1. The second-order valence-corrected chi connectivity index (χ2v) is 9.93. The molecule has 0 spiro atoms. The number of nitrogens with zero attached hydrogens (tertiary/aromatic N) is 2. The molecule has 1 unspecified atom stereocenters. The van der Waals surface area contributed by atoms with Gasteiger partial charge in [-0.2, -0.15) is 0 Å². The van der Waals surface area contributed by atoms with E-state index in [4.69, 9.17) is 4.74 Å². The van der Waals surface area contributed by atoms with E-state index in [-0.39, 0.29) is 5.91 Å². The molecule has 5 rings (SSSR count). The zero-order valence-electron chi connectivity index (χ0n) is 21.7. The van der Waals surface area contributed by atoms with Gasteiger partial charge < -0.3 is 15.0 Å². The minimum Gasteiger partial charge on any atom is -0.493 e. The number of hydrogen-bond acceptors (Lipinski definition) is 4. The quantitative estimate of drug-likeness (QED) is 0.310. The largest absolute Gasteiger partial charge is 0.493 e. The van der Waals surface area contributed by atoms with Crippen molar-refractivity contribution in [3.63, 3.8) is 0 Å². The molecule has 1 aromatic heterocycles. The van der Waals surface area contributed by atoms with E-state index in [0.717, 1.165) is 65.9 Å². The van der Waals surface area contributed by atoms with Gasteiger partial charge in [0.2, 0.25) is 0 Å². The number of carbonyl (C=O) groups excluding carboxylic acids is 1. The summed E-state index contributed by atoms with van der Waals surface area (Å²) < 4.78 is 6.34. The van der Waals surface area contributed by atoms with Gasteiger partial charge in [-0.1, -0.05) is 36.4 Å². The molecule has 1 aliphatic rings. The first-order chi connectivity index (χ1) is 18.1. The molecular weight excluding hydrogens is 458 g/mol. The van der Waals surface area contributed by atoms with Crippen LogP contribution < -0.4 is 15.0 Å². The van der Waals surface area contributed by atoms with E-state index in [9.17, 15) is 4.79 Å². The van der Waals surface area contributed by atoms with E-state index in [1.807, 2.05) is 80.7 Å². The van der Waals surface area contributed by atoms with Crippen molar-refractivity contribution in [1.29, 1.82) is 0 Å². The third-order valence-corrected chi connectivity index (χ3v) is 7.48. The number of rotatable bonds is 8. The highest BCUT2D eigenvalue weighted by Gasteiger charge is 2.26. The van der Waals surface area contributed by atoms with Crippen LogP contribution in [-0.2, 0) is 0 Å². The van der Waals surface area contributed by atoms with Crippen molar-refractivity contribution in [2.24, 2.45) is 5.92 Å². The zero-order chi connectivity index (χ0) is 25.6. The highest BCUT2D eigenvalue weighted by Crippen LogP contribution is 2.35. The Balaban J connectivity index is 1.35. The van der Waals surface area contributed by atoms with Gasteiger partial charge in [0, 0.05) is 29.4 Å². The minimum absolute atomic E-state index is 0.00640. The highest BCUT2D eigenvalue weighted by atomic mass is 16.5. The summed E-state index contributed by atoms with van der Waals surface area (Å²) in [5, 5.41) is 4.54. The van der Waals surface area contributed by atoms with Crippen molar-refractivity contribution in [2.45, 2.75) is 32.1 Å². The second kappa shape index (κ2) is 11.6. The number of carbonyl (C=O) groups is 1. The van der Waals surface area contributed by atoms with Gasteiger partial charge in [0.05, 0.1) is 12.1 Å². The smallest absolute Gasteiger partial charge is 0.258 e. The number of anilines is 1. The molecule has 37 heavy (non-hydrogen) atoms. The average Bonchev–Trinajstić information content (AvgIpc) is 2.95. The topological polar surface area (TPSA) is 54.5 Å². The van der Waals surface area contributed by atoms with Crippen molar-refractivity contribution in [1.82, 2.24) is 10.3 Å². The van der Waals surface area contributed by atoms with E-state index in [2.05, 4.69) is 28.5 Å². The lowest BCUT2D eigenvalue weighted by molar-refractivity contribution is 0.0993. The zero-order valence-corrected chi connectivity index (χ0v) is 21.7. The molecule has 1 N–H and O–H groups in total. The van der Waals surface area contributed by atoms with E-state index in [1.165, 1.54) is 5.56 Å². The fraction of sp³-hybridized carbons (Fsp3) is 0.312. The summed E-state index contributed by atoms with van der Waals surface area (Å²) in [4.78, 5) is 19.7. The molecule has 0 aliphatic carbocycles. The van der Waals surface area contributed by atoms with Crippen LogP contribution in [0.4, 0.5) is 5.69 Å². The van der Waals surface area contributed by atoms with Crippen LogP contribution in [0.15, 0.2) is 84.9 Å². The summed E-state index contributed by atoms with van der Waals surface area (Å²) in [5.41, 5.74) is 4.79. The van der Waals surface area contributed by atoms with Crippen molar-refractivity contribution < 1.29 is 9.53 Å². The Morgan fingerprint density at radius 3 is 2.59 bits per heavy atom. The SMILES string of the molecule is Cc1ccc2c(OCCC(c3cccc(C(=O)N(C)c4ccccc4)c3)C3CCNCC3)cccc2n1. The van der Waals surface area contributed by atoms with Crippen LogP contribution in [0.5, 0.6) is 5.75 Å². The molecule has 0 bridgehead atoms. The Bertz CT molecular complexity index is 1350. The third-order valence-electron chi connectivity index (χ3n) is 7.48. The van der Waals surface area contributed by atoms with E-state index in [0.29, 0.717) is 18.4 Å². The van der Waals surface area contributed by atoms with Gasteiger partial charge in [0.1, 0.15) is 5.75 Å². The van der Waals surface area contributed by atoms with Gasteiger partial charge in [0.15, 0.2) is 0 Å². The Morgan fingerprint density at radius 1 is 1.00 bits per heavy atom. The molecule has 0 radical (unpaired) electrons. The minimum atomic E-state index is 0.00640. The van der Waals surface area contributed by atoms with E-state index >= 15 is 0 Å². The predicted molar refractivity (Wildman–Crippen MR) is 151 cm³/mol. The molecule has 1 aliphatic heterocycles. The number of pyridine rings is 1. The fourth-order valence-electron chi connectivity index (χ4n) is 5.44. The lowest BCUT2D eigenvalue weighted by Crippen LogP contribution is -2.31. The van der Waals surface area contributed by atoms with Crippen molar-refractivity contribution in [3.8, 4) is 5.75 Å². The number of aromatic nitrogens is 1. The van der Waals surface area contributed by atoms with Crippen LogP contribution >= 0.6 is 0 Å². The molecule has 5 nitrogen and oxygen atoms in total. The number of ether oxygens (including phenoxy) is 1. The number of piperidine rings is 1. The monoisotopic (exact) mass is 493 g/mol. The molecule has 1 amide bonds. The Labute approximate surface area is 219 Å². The molecule has 5 heteroatoms. The second-order valence-electron chi connectivity index (χ2n) is 9.93. The maximum Gasteiger partial charge on any atom is 0.258 e. The molecule has 1 fully saturated rings. The van der Waals surface area contributed by atoms with Gasteiger partial charge in [-0.25, -0.2) is 0 Å². The van der Waals surface area contributed by atoms with Crippen LogP contribution in [0.2, 0.25) is 0 Å². The molecule has 2 heterocycles. The van der Waals surface area contributed by atoms with Crippen LogP contribution in [0.25, 0.3) is 10.9 Å². The summed E-state index contributed by atoms with van der Waals surface area (Å²) in [6.45, 7) is 4.69. The average molecular weight is 494 g/mol. The highest BCUT2D eigenvalue weighted by molar-refractivity contribution is 6.05. The molecule has 1 atom stereocenters. The molecular formula is C32H35N3O2. The van der Waals surface area contributed by atoms with Gasteiger partial charge in [0.25, 0.3) is 5.91 Å². The Morgan fingerprint density at radius 2 is 1.78 bits per heavy atom. The summed E-state index contributed by atoms with van der Waals surface area (Å²) in [6.07, 6.45) is 3.15. The van der Waals surface area contributed by atoms with Crippen LogP contribution in [0.1, 0.15) is 46.8 Å². The number of amides is 1. The lowest BCUT2D eigenvalue weighted by Gasteiger charge is -2.31. The number of benzene rings is 3. The summed E-state index contributed by atoms with van der Waals surface area (Å²) in [5.74, 6) is 1.76. The summed E-state index contributed by atoms with van der Waals surface area (Å²) in [6, 6.07) is 28.2. The fourth-order valence-corrected chi connectivity index (χ4v) is 5.44. The Kier molecular flexibility index (Phi) is 7.81. The third kappa shape index (κ3) is 5.83. The summed E-state index contributed by atoms with van der Waals surface area (Å²) >= 11 is 0. The predicted octanol–water partition coefficient (Wildman–Crippen LogP) is 6.37. The molecule has 4 aromatic rings. The van der Waals surface area contributed by atoms with Crippen LogP contribution in [-0.4, -0.2) is 37.6 Å². The number of para-hydroxylation sites is 1. The first kappa shape index (κ1) is 25.0. The number of hydrogen-bond donors (Lipinski definition) is 1. The van der Waals surface area contributed by atoms with Gasteiger partial charge in [-0.3, -0.25) is 9.78 Å². The molecule has 0 saturated carbocycles. The normalized spacial score (nSPS) is 14.9. The standard InChI is InChI=1S/C32H35N3O2/c1-23-14-15-29-30(34-23)12-7-13-31(29)37-21-18-28(24-16-19-33-20-17-24)25-8-6-9-26(22-25)32(36)35(2)27-10-4-3-5-11-27/h3-15,22,24,28,33H,16-21H2,1-2H3. The van der Waals surface area contributed by atoms with Gasteiger partial charge in [-0.05, 0) is 105 Å². The van der Waals surface area contributed by atoms with Crippen molar-refractivity contribution in [3.05, 3.63) is 102 Å². The maximum absolute atomic E-state index is 13.3. The Hall–Kier alpha value is -3.70. The lowest BCUT2D eigenvalue weighted by atomic mass is 9.78. The first-order valence-corrected chi connectivity index (χ1v) is 13.2. The summed E-state index contributed by atoms with van der Waals surface area (Å²) in [7, 11) is 1.84. The number of fused-ring (bicyclic) bond motifs is 1. The van der Waals surface area contributed by atoms with Crippen molar-refractivity contribution in [2.75, 3.05) is 31.6 Å². The van der Waals surface area contributed by atoms with Gasteiger partial charge >= 0.3 is 0 Å².